The summed E-state index contributed by atoms with van der Waals surface area (Å²) < 4.78 is 5.43. The molecule has 5 rings (SSSR count). The van der Waals surface area contributed by atoms with Gasteiger partial charge in [-0.25, -0.2) is 15.0 Å². The predicted molar refractivity (Wildman–Crippen MR) is 141 cm³/mol. The van der Waals surface area contributed by atoms with Crippen LogP contribution in [0.1, 0.15) is 26.6 Å². The minimum Gasteiger partial charge on any atom is -0.495 e. The van der Waals surface area contributed by atoms with Crippen molar-refractivity contribution in [3.63, 3.8) is 0 Å². The second-order valence-corrected chi connectivity index (χ2v) is 9.65. The topological polar surface area (TPSA) is 83.5 Å². The zero-order valence-electron chi connectivity index (χ0n) is 20.3. The molecule has 1 fully saturated rings. The number of anilines is 3. The van der Waals surface area contributed by atoms with Gasteiger partial charge in [-0.1, -0.05) is 12.1 Å². The van der Waals surface area contributed by atoms with Crippen LogP contribution in [0.15, 0.2) is 42.6 Å². The number of nitrogens with zero attached hydrogens (tertiary/aromatic N) is 5. The monoisotopic (exact) mass is 488 g/mol. The van der Waals surface area contributed by atoms with Crippen LogP contribution in [0.3, 0.4) is 0 Å². The Morgan fingerprint density at radius 2 is 1.80 bits per heavy atom. The molecule has 0 radical (unpaired) electrons. The van der Waals surface area contributed by atoms with E-state index in [4.69, 9.17) is 9.72 Å². The number of methoxy groups -OCH3 is 1. The van der Waals surface area contributed by atoms with Crippen molar-refractivity contribution in [3.8, 4) is 5.75 Å². The molecular formula is C26H28N6O2S. The fourth-order valence-electron chi connectivity index (χ4n) is 4.45. The number of nitrogens with one attached hydrogen (secondary N) is 1. The van der Waals surface area contributed by atoms with Gasteiger partial charge in [-0.3, -0.25) is 4.79 Å². The van der Waals surface area contributed by atoms with Gasteiger partial charge < -0.3 is 19.9 Å². The highest BCUT2D eigenvalue weighted by Gasteiger charge is 2.26. The number of amides is 1. The highest BCUT2D eigenvalue weighted by atomic mass is 32.1. The maximum Gasteiger partial charge on any atom is 0.266 e. The second kappa shape index (κ2) is 9.50. The van der Waals surface area contributed by atoms with Crippen LogP contribution in [0.2, 0.25) is 0 Å². The molecule has 35 heavy (non-hydrogen) atoms. The summed E-state index contributed by atoms with van der Waals surface area (Å²) in [7, 11) is 1.60. The van der Waals surface area contributed by atoms with Gasteiger partial charge in [0.1, 0.15) is 28.0 Å². The fraction of sp³-hybridized carbons (Fsp3) is 0.308. The molecule has 0 saturated carbocycles. The van der Waals surface area contributed by atoms with Crippen molar-refractivity contribution < 1.29 is 9.53 Å². The van der Waals surface area contributed by atoms with Crippen LogP contribution >= 0.6 is 11.3 Å². The van der Waals surface area contributed by atoms with Crippen molar-refractivity contribution in [2.24, 2.45) is 0 Å². The summed E-state index contributed by atoms with van der Waals surface area (Å²) in [5.41, 5.74) is 2.60. The fourth-order valence-corrected chi connectivity index (χ4v) is 5.57. The molecule has 0 bridgehead atoms. The van der Waals surface area contributed by atoms with Crippen molar-refractivity contribution >= 4 is 44.8 Å². The number of pyridine rings is 1. The van der Waals surface area contributed by atoms with Gasteiger partial charge in [-0.05, 0) is 56.2 Å². The van der Waals surface area contributed by atoms with E-state index in [0.717, 1.165) is 59.2 Å². The smallest absolute Gasteiger partial charge is 0.266 e. The lowest BCUT2D eigenvalue weighted by Gasteiger charge is -2.36. The lowest BCUT2D eigenvalue weighted by Crippen LogP contribution is -2.47. The first kappa shape index (κ1) is 23.0. The lowest BCUT2D eigenvalue weighted by molar-refractivity contribution is 0.102. The number of hydrogen-bond acceptors (Lipinski definition) is 8. The average molecular weight is 489 g/mol. The molecule has 8 nitrogen and oxygen atoms in total. The van der Waals surface area contributed by atoms with E-state index >= 15 is 0 Å². The van der Waals surface area contributed by atoms with Gasteiger partial charge in [0, 0.05) is 32.4 Å². The van der Waals surface area contributed by atoms with E-state index in [2.05, 4.69) is 25.1 Å². The predicted octanol–water partition coefficient (Wildman–Crippen LogP) is 4.60. The Kier molecular flexibility index (Phi) is 6.25. The Bertz CT molecular complexity index is 1380. The van der Waals surface area contributed by atoms with Crippen molar-refractivity contribution in [1.29, 1.82) is 0 Å². The van der Waals surface area contributed by atoms with E-state index in [9.17, 15) is 4.79 Å². The zero-order chi connectivity index (χ0) is 24.5. The number of piperazine rings is 1. The molecule has 1 saturated heterocycles. The maximum atomic E-state index is 13.3. The standard InChI is InChI=1S/C26H28N6O2S/c1-16-8-9-20(34-4)19(15-16)30-25(33)23-17(2)22-24(28-18(3)29-26(22)35-23)32-13-11-31(12-14-32)21-7-5-6-10-27-21/h5-10,15H,11-14H2,1-4H3,(H,30,33). The Labute approximate surface area is 208 Å². The number of hydrogen-bond donors (Lipinski definition) is 1. The third kappa shape index (κ3) is 4.51. The minimum absolute atomic E-state index is 0.169. The van der Waals surface area contributed by atoms with Crippen LogP contribution in [0.5, 0.6) is 5.75 Å². The molecule has 0 spiro atoms. The van der Waals surface area contributed by atoms with Crippen LogP contribution in [0.4, 0.5) is 17.3 Å². The number of thiophene rings is 1. The van der Waals surface area contributed by atoms with Gasteiger partial charge in [0.25, 0.3) is 5.91 Å². The van der Waals surface area contributed by atoms with Gasteiger partial charge in [-0.2, -0.15) is 0 Å². The van der Waals surface area contributed by atoms with Crippen molar-refractivity contribution in [3.05, 3.63) is 64.4 Å². The molecule has 1 amide bonds. The Balaban J connectivity index is 1.44. The van der Waals surface area contributed by atoms with Gasteiger partial charge in [-0.15, -0.1) is 11.3 Å². The van der Waals surface area contributed by atoms with Gasteiger partial charge >= 0.3 is 0 Å². The van der Waals surface area contributed by atoms with Crippen LogP contribution in [-0.4, -0.2) is 54.1 Å². The van der Waals surface area contributed by atoms with E-state index in [-0.39, 0.29) is 5.91 Å². The van der Waals surface area contributed by atoms with Crippen LogP contribution in [0, 0.1) is 20.8 Å². The Morgan fingerprint density at radius 3 is 2.51 bits per heavy atom. The summed E-state index contributed by atoms with van der Waals surface area (Å²) in [4.78, 5) is 33.3. The molecule has 180 valence electrons. The van der Waals surface area contributed by atoms with E-state index < -0.39 is 0 Å². The van der Waals surface area contributed by atoms with Gasteiger partial charge in [0.15, 0.2) is 0 Å². The number of ether oxygens (including phenoxy) is 1. The van der Waals surface area contributed by atoms with E-state index in [1.54, 1.807) is 7.11 Å². The Morgan fingerprint density at radius 1 is 1.03 bits per heavy atom. The van der Waals surface area contributed by atoms with E-state index in [1.165, 1.54) is 11.3 Å². The molecule has 4 heterocycles. The van der Waals surface area contributed by atoms with Gasteiger partial charge in [0.05, 0.1) is 23.1 Å². The largest absolute Gasteiger partial charge is 0.495 e. The van der Waals surface area contributed by atoms with Crippen LogP contribution < -0.4 is 19.9 Å². The minimum atomic E-state index is -0.169. The van der Waals surface area contributed by atoms with E-state index in [1.807, 2.05) is 63.4 Å². The molecule has 1 aliphatic heterocycles. The Hall–Kier alpha value is -3.72. The quantitative estimate of drug-likeness (QED) is 0.440. The maximum absolute atomic E-state index is 13.3. The van der Waals surface area contributed by atoms with Crippen LogP contribution in [-0.2, 0) is 0 Å². The molecule has 9 heteroatoms. The van der Waals surface area contributed by atoms with E-state index in [0.29, 0.717) is 22.1 Å². The second-order valence-electron chi connectivity index (χ2n) is 8.65. The molecule has 3 aromatic heterocycles. The molecule has 1 aliphatic rings. The summed E-state index contributed by atoms with van der Waals surface area (Å²) in [5.74, 6) is 3.05. The number of aromatic nitrogens is 3. The third-order valence-corrected chi connectivity index (χ3v) is 7.43. The number of aryl methyl sites for hydroxylation is 3. The molecule has 4 aromatic rings. The summed E-state index contributed by atoms with van der Waals surface area (Å²) >= 11 is 1.41. The first-order chi connectivity index (χ1) is 16.9. The molecule has 0 atom stereocenters. The number of carbonyl (C=O) groups excluding carboxylic acids is 1. The van der Waals surface area contributed by atoms with Gasteiger partial charge in [0.2, 0.25) is 0 Å². The van der Waals surface area contributed by atoms with Crippen molar-refractivity contribution in [2.75, 3.05) is 48.4 Å². The molecule has 0 unspecified atom stereocenters. The highest BCUT2D eigenvalue weighted by molar-refractivity contribution is 7.20. The SMILES string of the molecule is COc1ccc(C)cc1NC(=O)c1sc2nc(C)nc(N3CCN(c4ccccn4)CC3)c2c1C. The highest BCUT2D eigenvalue weighted by Crippen LogP contribution is 2.37. The lowest BCUT2D eigenvalue weighted by atomic mass is 10.1. The average Bonchev–Trinajstić information content (AvgIpc) is 3.20. The number of fused-ring (bicyclic) bond motifs is 1. The molecule has 1 N–H and O–H groups in total. The summed E-state index contributed by atoms with van der Waals surface area (Å²) in [6, 6.07) is 11.7. The number of rotatable bonds is 5. The first-order valence-electron chi connectivity index (χ1n) is 11.6. The summed E-state index contributed by atoms with van der Waals surface area (Å²) in [6.07, 6.45) is 1.83. The molecule has 1 aromatic carbocycles. The number of carbonyl (C=O) groups is 1. The van der Waals surface area contributed by atoms with Crippen molar-refractivity contribution in [2.45, 2.75) is 20.8 Å². The molecule has 0 aliphatic carbocycles. The molecular weight excluding hydrogens is 460 g/mol. The number of benzene rings is 1. The summed E-state index contributed by atoms with van der Waals surface area (Å²) in [6.45, 7) is 9.21. The third-order valence-electron chi connectivity index (χ3n) is 6.24. The normalized spacial score (nSPS) is 13.8. The van der Waals surface area contributed by atoms with Crippen LogP contribution in [0.25, 0.3) is 10.2 Å². The van der Waals surface area contributed by atoms with Crippen molar-refractivity contribution in [1.82, 2.24) is 15.0 Å². The summed E-state index contributed by atoms with van der Waals surface area (Å²) in [5, 5.41) is 3.98. The first-order valence-corrected chi connectivity index (χ1v) is 12.4. The zero-order valence-corrected chi connectivity index (χ0v) is 21.1.